The monoisotopic (exact) mass is 308 g/mol. The first-order chi connectivity index (χ1) is 9.58. The highest BCUT2D eigenvalue weighted by Crippen LogP contribution is 2.31. The maximum atomic E-state index is 10.8. The smallest absolute Gasteiger partial charge is 0.335 e. The van der Waals surface area contributed by atoms with Crippen LogP contribution in [-0.2, 0) is 0 Å². The lowest BCUT2D eigenvalue weighted by Gasteiger charge is -2.11. The van der Waals surface area contributed by atoms with Gasteiger partial charge in [-0.05, 0) is 23.8 Å². The lowest BCUT2D eigenvalue weighted by Crippen LogP contribution is -2.00. The third-order valence-corrected chi connectivity index (χ3v) is 4.33. The maximum Gasteiger partial charge on any atom is 0.335 e. The predicted molar refractivity (Wildman–Crippen MR) is 80.5 cm³/mol. The molecule has 0 fully saturated rings. The van der Waals surface area contributed by atoms with Gasteiger partial charge in [-0.1, -0.05) is 41.9 Å². The van der Waals surface area contributed by atoms with Gasteiger partial charge in [0.1, 0.15) is 0 Å². The van der Waals surface area contributed by atoms with E-state index in [1.807, 2.05) is 30.3 Å². The molecule has 0 aliphatic heterocycles. The van der Waals surface area contributed by atoms with E-state index >= 15 is 0 Å². The molecule has 0 saturated heterocycles. The van der Waals surface area contributed by atoms with E-state index in [4.69, 9.17) is 16.7 Å². The molecule has 0 bridgehead atoms. The van der Waals surface area contributed by atoms with Gasteiger partial charge in [0, 0.05) is 10.6 Å². The molecule has 1 unspecified atom stereocenters. The highest BCUT2D eigenvalue weighted by atomic mass is 35.5. The van der Waals surface area contributed by atoms with Crippen molar-refractivity contribution in [2.24, 2.45) is 0 Å². The number of hydrogen-bond donors (Lipinski definition) is 2. The summed E-state index contributed by atoms with van der Waals surface area (Å²) in [6.45, 7) is 0. The highest BCUT2D eigenvalue weighted by molar-refractivity contribution is 7.99. The molecule has 0 aliphatic rings. The normalized spacial score (nSPS) is 12.1. The van der Waals surface area contributed by atoms with Crippen molar-refractivity contribution in [1.82, 2.24) is 0 Å². The average Bonchev–Trinajstić information content (AvgIpc) is 2.46. The minimum absolute atomic E-state index is 0.156. The summed E-state index contributed by atoms with van der Waals surface area (Å²) in [5.74, 6) is -0.552. The Labute approximate surface area is 126 Å². The number of aromatic carboxylic acids is 1. The van der Waals surface area contributed by atoms with Gasteiger partial charge in [0.25, 0.3) is 0 Å². The summed E-state index contributed by atoms with van der Waals surface area (Å²) in [6.07, 6.45) is -0.587. The summed E-state index contributed by atoms with van der Waals surface area (Å²) in [5, 5.41) is 19.3. The molecule has 2 aromatic carbocycles. The molecule has 2 rings (SSSR count). The molecule has 20 heavy (non-hydrogen) atoms. The quantitative estimate of drug-likeness (QED) is 0.823. The van der Waals surface area contributed by atoms with E-state index in [0.717, 1.165) is 10.5 Å². The van der Waals surface area contributed by atoms with E-state index in [-0.39, 0.29) is 5.56 Å². The lowest BCUT2D eigenvalue weighted by molar-refractivity contribution is 0.0697. The molecule has 104 valence electrons. The van der Waals surface area contributed by atoms with Crippen LogP contribution in [0.1, 0.15) is 22.0 Å². The zero-order valence-corrected chi connectivity index (χ0v) is 12.1. The third kappa shape index (κ3) is 3.76. The van der Waals surface area contributed by atoms with Gasteiger partial charge in [0.05, 0.1) is 16.7 Å². The molecule has 0 saturated carbocycles. The van der Waals surface area contributed by atoms with Crippen LogP contribution in [0.25, 0.3) is 0 Å². The van der Waals surface area contributed by atoms with Crippen LogP contribution in [0.3, 0.4) is 0 Å². The Balaban J connectivity index is 2.02. The Morgan fingerprint density at radius 1 is 1.20 bits per heavy atom. The number of carboxylic acid groups (broad SMARTS) is 1. The predicted octanol–water partition coefficient (Wildman–Crippen LogP) is 3.86. The summed E-state index contributed by atoms with van der Waals surface area (Å²) in [6, 6.07) is 13.9. The zero-order chi connectivity index (χ0) is 14.5. The fourth-order valence-electron chi connectivity index (χ4n) is 1.69. The number of thioether (sulfide) groups is 1. The van der Waals surface area contributed by atoms with Crippen LogP contribution in [0.15, 0.2) is 53.4 Å². The molecular weight excluding hydrogens is 296 g/mol. The van der Waals surface area contributed by atoms with Crippen molar-refractivity contribution < 1.29 is 15.0 Å². The van der Waals surface area contributed by atoms with Crippen molar-refractivity contribution in [3.05, 3.63) is 64.7 Å². The minimum atomic E-state index is -1.01. The number of hydrogen-bond acceptors (Lipinski definition) is 3. The van der Waals surface area contributed by atoms with E-state index in [9.17, 15) is 9.90 Å². The average molecular weight is 309 g/mol. The van der Waals surface area contributed by atoms with Crippen LogP contribution < -0.4 is 0 Å². The van der Waals surface area contributed by atoms with Gasteiger partial charge in [-0.25, -0.2) is 4.79 Å². The number of carbonyl (C=O) groups is 1. The van der Waals surface area contributed by atoms with Crippen molar-refractivity contribution in [1.29, 1.82) is 0 Å². The highest BCUT2D eigenvalue weighted by Gasteiger charge is 2.11. The number of benzene rings is 2. The van der Waals surface area contributed by atoms with Crippen LogP contribution in [0, 0.1) is 0 Å². The van der Waals surface area contributed by atoms with E-state index in [1.54, 1.807) is 6.07 Å². The summed E-state index contributed by atoms with van der Waals surface area (Å²) in [4.78, 5) is 11.6. The summed E-state index contributed by atoms with van der Waals surface area (Å²) >= 11 is 7.43. The molecule has 3 nitrogen and oxygen atoms in total. The van der Waals surface area contributed by atoms with Gasteiger partial charge in [-0.3, -0.25) is 0 Å². The fourth-order valence-corrected chi connectivity index (χ4v) is 2.93. The van der Waals surface area contributed by atoms with E-state index in [0.29, 0.717) is 10.8 Å². The number of aliphatic hydroxyl groups excluding tert-OH is 1. The van der Waals surface area contributed by atoms with Crippen molar-refractivity contribution in [2.45, 2.75) is 11.0 Å². The number of aliphatic hydroxyl groups is 1. The minimum Gasteiger partial charge on any atom is -0.478 e. The Morgan fingerprint density at radius 2 is 1.90 bits per heavy atom. The Kier molecular flexibility index (Phi) is 5.06. The first-order valence-corrected chi connectivity index (χ1v) is 7.33. The molecule has 0 spiro atoms. The first kappa shape index (κ1) is 14.9. The summed E-state index contributed by atoms with van der Waals surface area (Å²) < 4.78 is 0. The Bertz CT molecular complexity index is 601. The molecule has 0 radical (unpaired) electrons. The van der Waals surface area contributed by atoms with Crippen LogP contribution in [0.2, 0.25) is 5.02 Å². The molecule has 0 aromatic heterocycles. The SMILES string of the molecule is O=C(O)c1ccc(SCC(O)c2ccccc2)c(Cl)c1. The standard InChI is InChI=1S/C15H13ClO3S/c16-12-8-11(15(18)19)6-7-14(12)20-9-13(17)10-4-2-1-3-5-10/h1-8,13,17H,9H2,(H,18,19). The van der Waals surface area contributed by atoms with Crippen LogP contribution in [0.4, 0.5) is 0 Å². The second-order valence-corrected chi connectivity index (χ2v) is 5.66. The molecule has 0 heterocycles. The number of carboxylic acids is 1. The first-order valence-electron chi connectivity index (χ1n) is 5.96. The lowest BCUT2D eigenvalue weighted by atomic mass is 10.1. The second-order valence-electron chi connectivity index (χ2n) is 4.19. The molecular formula is C15H13ClO3S. The third-order valence-electron chi connectivity index (χ3n) is 2.76. The van der Waals surface area contributed by atoms with Crippen molar-refractivity contribution in [3.63, 3.8) is 0 Å². The zero-order valence-electron chi connectivity index (χ0n) is 10.5. The topological polar surface area (TPSA) is 57.5 Å². The number of rotatable bonds is 5. The summed E-state index contributed by atoms with van der Waals surface area (Å²) in [7, 11) is 0. The van der Waals surface area contributed by atoms with E-state index < -0.39 is 12.1 Å². The summed E-state index contributed by atoms with van der Waals surface area (Å²) in [5.41, 5.74) is 1.00. The molecule has 1 atom stereocenters. The Hall–Kier alpha value is -1.49. The van der Waals surface area contributed by atoms with Crippen LogP contribution in [-0.4, -0.2) is 21.9 Å². The van der Waals surface area contributed by atoms with Gasteiger partial charge in [0.2, 0.25) is 0 Å². The van der Waals surface area contributed by atoms with Gasteiger partial charge in [0.15, 0.2) is 0 Å². The van der Waals surface area contributed by atoms with Gasteiger partial charge in [-0.2, -0.15) is 0 Å². The van der Waals surface area contributed by atoms with Gasteiger partial charge in [-0.15, -0.1) is 11.8 Å². The van der Waals surface area contributed by atoms with Gasteiger partial charge < -0.3 is 10.2 Å². The molecule has 2 N–H and O–H groups in total. The molecule has 0 amide bonds. The number of halogens is 1. The van der Waals surface area contributed by atoms with Gasteiger partial charge >= 0.3 is 5.97 Å². The van der Waals surface area contributed by atoms with Crippen molar-refractivity contribution in [2.75, 3.05) is 5.75 Å². The molecule has 0 aliphatic carbocycles. The van der Waals surface area contributed by atoms with E-state index in [2.05, 4.69) is 0 Å². The largest absolute Gasteiger partial charge is 0.478 e. The Morgan fingerprint density at radius 3 is 2.50 bits per heavy atom. The molecule has 5 heteroatoms. The molecule has 2 aromatic rings. The maximum absolute atomic E-state index is 10.8. The van der Waals surface area contributed by atoms with Crippen LogP contribution in [0.5, 0.6) is 0 Å². The van der Waals surface area contributed by atoms with E-state index in [1.165, 1.54) is 23.9 Å². The second kappa shape index (κ2) is 6.79. The van der Waals surface area contributed by atoms with Crippen molar-refractivity contribution >= 4 is 29.3 Å². The van der Waals surface area contributed by atoms with Crippen molar-refractivity contribution in [3.8, 4) is 0 Å². The fraction of sp³-hybridized carbons (Fsp3) is 0.133. The van der Waals surface area contributed by atoms with Crippen LogP contribution >= 0.6 is 23.4 Å².